The predicted molar refractivity (Wildman–Crippen MR) is 58.4 cm³/mol. The lowest BCUT2D eigenvalue weighted by atomic mass is 10.4. The minimum absolute atomic E-state index is 0.451. The molecule has 0 aromatic carbocycles. The Bertz CT molecular complexity index is 481. The zero-order valence-electron chi connectivity index (χ0n) is 9.11. The Labute approximate surface area is 97.4 Å². The first-order chi connectivity index (χ1) is 8.43. The molecule has 0 saturated carbocycles. The van der Waals surface area contributed by atoms with E-state index in [0.29, 0.717) is 24.7 Å². The highest BCUT2D eigenvalue weighted by Crippen LogP contribution is 2.16. The Morgan fingerprint density at radius 3 is 2.82 bits per heavy atom. The highest BCUT2D eigenvalue weighted by atomic mass is 16.5. The van der Waals surface area contributed by atoms with Crippen molar-refractivity contribution in [3.63, 3.8) is 0 Å². The second kappa shape index (κ2) is 4.46. The van der Waals surface area contributed by atoms with Gasteiger partial charge in [0, 0.05) is 13.1 Å². The normalized spacial score (nSPS) is 16.1. The average Bonchev–Trinajstić information content (AvgIpc) is 2.94. The van der Waals surface area contributed by atoms with E-state index < -0.39 is 0 Å². The van der Waals surface area contributed by atoms with Crippen LogP contribution < -0.4 is 4.90 Å². The van der Waals surface area contributed by atoms with Gasteiger partial charge in [-0.1, -0.05) is 5.16 Å². The molecule has 88 valence electrons. The van der Waals surface area contributed by atoms with Crippen molar-refractivity contribution in [2.24, 2.45) is 0 Å². The van der Waals surface area contributed by atoms with Crippen LogP contribution in [0, 0.1) is 0 Å². The van der Waals surface area contributed by atoms with E-state index in [1.165, 1.54) is 6.39 Å². The number of nitrogens with zero attached hydrogens (tertiary/aromatic N) is 5. The van der Waals surface area contributed by atoms with E-state index in [0.717, 1.165) is 18.9 Å². The maximum Gasteiger partial charge on any atom is 0.222 e. The van der Waals surface area contributed by atoms with Crippen molar-refractivity contribution in [3.8, 4) is 11.5 Å². The van der Waals surface area contributed by atoms with E-state index in [1.807, 2.05) is 0 Å². The summed E-state index contributed by atoms with van der Waals surface area (Å²) < 4.78 is 9.99. The van der Waals surface area contributed by atoms with Gasteiger partial charge in [-0.3, -0.25) is 4.98 Å². The number of rotatable bonds is 2. The lowest BCUT2D eigenvalue weighted by molar-refractivity contribution is 0.122. The molecule has 1 fully saturated rings. The second-order valence-corrected chi connectivity index (χ2v) is 3.62. The van der Waals surface area contributed by atoms with E-state index in [-0.39, 0.29) is 0 Å². The van der Waals surface area contributed by atoms with Gasteiger partial charge >= 0.3 is 0 Å². The van der Waals surface area contributed by atoms with Gasteiger partial charge in [0.15, 0.2) is 0 Å². The predicted octanol–water partition coefficient (Wildman–Crippen LogP) is 0.363. The van der Waals surface area contributed by atoms with Crippen LogP contribution in [-0.2, 0) is 4.74 Å². The van der Waals surface area contributed by atoms with Crippen molar-refractivity contribution >= 4 is 5.82 Å². The fourth-order valence-electron chi connectivity index (χ4n) is 1.69. The number of ether oxygens (including phenoxy) is 1. The zero-order chi connectivity index (χ0) is 11.5. The van der Waals surface area contributed by atoms with Crippen LogP contribution in [0.2, 0.25) is 0 Å². The average molecular weight is 233 g/mol. The van der Waals surface area contributed by atoms with E-state index in [1.54, 1.807) is 12.4 Å². The molecule has 7 heteroatoms. The molecule has 0 unspecified atom stereocenters. The summed E-state index contributed by atoms with van der Waals surface area (Å²) in [5, 5.41) is 3.74. The van der Waals surface area contributed by atoms with Crippen molar-refractivity contribution in [1.82, 2.24) is 20.1 Å². The van der Waals surface area contributed by atoms with Crippen LogP contribution in [0.25, 0.3) is 11.5 Å². The van der Waals surface area contributed by atoms with Gasteiger partial charge in [-0.15, -0.1) is 0 Å². The van der Waals surface area contributed by atoms with Gasteiger partial charge in [-0.2, -0.15) is 4.98 Å². The smallest absolute Gasteiger partial charge is 0.222 e. The molecule has 0 N–H and O–H groups in total. The molecule has 2 aromatic rings. The molecule has 0 atom stereocenters. The molecule has 17 heavy (non-hydrogen) atoms. The van der Waals surface area contributed by atoms with Gasteiger partial charge in [0.1, 0.15) is 11.5 Å². The van der Waals surface area contributed by atoms with Crippen LogP contribution in [0.5, 0.6) is 0 Å². The highest BCUT2D eigenvalue weighted by molar-refractivity contribution is 5.50. The Balaban J connectivity index is 1.88. The Hall–Kier alpha value is -2.02. The quantitative estimate of drug-likeness (QED) is 0.741. The van der Waals surface area contributed by atoms with Crippen molar-refractivity contribution in [1.29, 1.82) is 0 Å². The minimum Gasteiger partial charge on any atom is -0.378 e. The third-order valence-corrected chi connectivity index (χ3v) is 2.55. The fraction of sp³-hybridized carbons (Fsp3) is 0.400. The molecule has 2 aromatic heterocycles. The van der Waals surface area contributed by atoms with Gasteiger partial charge in [-0.05, 0) is 0 Å². The van der Waals surface area contributed by atoms with E-state index >= 15 is 0 Å². The van der Waals surface area contributed by atoms with Crippen LogP contribution in [-0.4, -0.2) is 46.4 Å². The van der Waals surface area contributed by atoms with E-state index in [2.05, 4.69) is 25.0 Å². The first-order valence-corrected chi connectivity index (χ1v) is 5.35. The molecule has 7 nitrogen and oxygen atoms in total. The molecule has 1 aliphatic heterocycles. The minimum atomic E-state index is 0.451. The number of morpholine rings is 1. The summed E-state index contributed by atoms with van der Waals surface area (Å²) in [6.07, 6.45) is 4.63. The Morgan fingerprint density at radius 2 is 2.06 bits per heavy atom. The molecular formula is C10H11N5O2. The number of hydrogen-bond acceptors (Lipinski definition) is 7. The molecule has 0 amide bonds. The third-order valence-electron chi connectivity index (χ3n) is 2.55. The van der Waals surface area contributed by atoms with E-state index in [9.17, 15) is 0 Å². The van der Waals surface area contributed by atoms with Crippen molar-refractivity contribution < 1.29 is 9.26 Å². The molecule has 1 saturated heterocycles. The second-order valence-electron chi connectivity index (χ2n) is 3.62. The first kappa shape index (κ1) is 10.2. The van der Waals surface area contributed by atoms with Gasteiger partial charge in [0.05, 0.1) is 25.6 Å². The summed E-state index contributed by atoms with van der Waals surface area (Å²) in [7, 11) is 0. The number of anilines is 1. The molecule has 0 spiro atoms. The van der Waals surface area contributed by atoms with Gasteiger partial charge in [0.25, 0.3) is 0 Å². The van der Waals surface area contributed by atoms with Crippen molar-refractivity contribution in [2.75, 3.05) is 31.2 Å². The Morgan fingerprint density at radius 1 is 1.18 bits per heavy atom. The fourth-order valence-corrected chi connectivity index (χ4v) is 1.69. The standard InChI is InChI=1S/C10H11N5O2/c1-3-16-4-2-15(1)9-6-11-5-8(13-9)10-12-7-17-14-10/h5-7H,1-4H2. The van der Waals surface area contributed by atoms with Gasteiger partial charge in [-0.25, -0.2) is 4.98 Å². The molecule has 1 aliphatic rings. The molecule has 0 radical (unpaired) electrons. The van der Waals surface area contributed by atoms with Crippen LogP contribution in [0.1, 0.15) is 0 Å². The summed E-state index contributed by atoms with van der Waals surface area (Å²) >= 11 is 0. The largest absolute Gasteiger partial charge is 0.378 e. The molecule has 0 aliphatic carbocycles. The monoisotopic (exact) mass is 233 g/mol. The van der Waals surface area contributed by atoms with Gasteiger partial charge in [0.2, 0.25) is 12.2 Å². The molecule has 0 bridgehead atoms. The molecule has 3 rings (SSSR count). The maximum absolute atomic E-state index is 5.29. The lowest BCUT2D eigenvalue weighted by Crippen LogP contribution is -2.36. The first-order valence-electron chi connectivity index (χ1n) is 5.35. The van der Waals surface area contributed by atoms with E-state index in [4.69, 9.17) is 9.26 Å². The number of hydrogen-bond donors (Lipinski definition) is 0. The topological polar surface area (TPSA) is 77.2 Å². The SMILES string of the molecule is c1nc(-c2cncc(N3CCOCC3)n2)no1. The van der Waals surface area contributed by atoms with Crippen LogP contribution in [0.15, 0.2) is 23.3 Å². The van der Waals surface area contributed by atoms with Crippen LogP contribution in [0.3, 0.4) is 0 Å². The lowest BCUT2D eigenvalue weighted by Gasteiger charge is -2.27. The maximum atomic E-state index is 5.29. The van der Waals surface area contributed by atoms with Crippen LogP contribution >= 0.6 is 0 Å². The number of aromatic nitrogens is 4. The summed E-state index contributed by atoms with van der Waals surface area (Å²) in [6, 6.07) is 0. The summed E-state index contributed by atoms with van der Waals surface area (Å²) in [5.74, 6) is 1.27. The van der Waals surface area contributed by atoms with Crippen molar-refractivity contribution in [3.05, 3.63) is 18.8 Å². The summed E-state index contributed by atoms with van der Waals surface area (Å²) in [5.41, 5.74) is 0.614. The zero-order valence-corrected chi connectivity index (χ0v) is 9.11. The summed E-state index contributed by atoms with van der Waals surface area (Å²) in [4.78, 5) is 14.7. The summed E-state index contributed by atoms with van der Waals surface area (Å²) in [6.45, 7) is 3.08. The Kier molecular flexibility index (Phi) is 2.66. The van der Waals surface area contributed by atoms with Crippen molar-refractivity contribution in [2.45, 2.75) is 0 Å². The van der Waals surface area contributed by atoms with Crippen LogP contribution in [0.4, 0.5) is 5.82 Å². The third kappa shape index (κ3) is 2.09. The van der Waals surface area contributed by atoms with Gasteiger partial charge < -0.3 is 14.2 Å². The molecule has 3 heterocycles. The highest BCUT2D eigenvalue weighted by Gasteiger charge is 2.14. The molecular weight excluding hydrogens is 222 g/mol.